The molecule has 44 heavy (non-hydrogen) atoms. The number of halogens is 2. The summed E-state index contributed by atoms with van der Waals surface area (Å²) in [5.74, 6) is -0.901. The molecule has 0 heterocycles. The molecule has 0 bridgehead atoms. The topological polar surface area (TPSA) is 160 Å². The molecule has 4 aliphatic rings. The van der Waals surface area contributed by atoms with E-state index in [2.05, 4.69) is 18.6 Å². The lowest BCUT2D eigenvalue weighted by atomic mass is 9.43. The van der Waals surface area contributed by atoms with Crippen molar-refractivity contribution < 1.29 is 59.9 Å². The van der Waals surface area contributed by atoms with Gasteiger partial charge in [0, 0.05) is 17.8 Å². The van der Waals surface area contributed by atoms with E-state index in [0.29, 0.717) is 45.6 Å². The lowest BCUT2D eigenvalue weighted by Gasteiger charge is -2.64. The molecule has 12 atom stereocenters. The van der Waals surface area contributed by atoms with E-state index in [4.69, 9.17) is 18.8 Å². The minimum Gasteiger partial charge on any atom is -0.465 e. The van der Waals surface area contributed by atoms with Gasteiger partial charge in [-0.3, -0.25) is 23.7 Å². The van der Waals surface area contributed by atoms with Gasteiger partial charge in [0.1, 0.15) is 18.3 Å². The van der Waals surface area contributed by atoms with Gasteiger partial charge in [-0.25, -0.2) is 0 Å². The van der Waals surface area contributed by atoms with Crippen LogP contribution in [0.2, 0.25) is 0 Å². The van der Waals surface area contributed by atoms with Crippen LogP contribution in [-0.4, -0.2) is 68.0 Å². The molecular formula is C30H44F2O11S. The fourth-order valence-electron chi connectivity index (χ4n) is 9.83. The highest BCUT2D eigenvalue weighted by Gasteiger charge is 2.67. The van der Waals surface area contributed by atoms with Gasteiger partial charge in [0.2, 0.25) is 0 Å². The molecule has 5 unspecified atom stereocenters. The van der Waals surface area contributed by atoms with Crippen molar-refractivity contribution in [2.24, 2.45) is 46.3 Å². The maximum absolute atomic E-state index is 13.9. The third-order valence-corrected chi connectivity index (χ3v) is 13.1. The molecule has 4 aliphatic carbocycles. The number of alkyl halides is 2. The molecule has 11 nitrogen and oxygen atoms in total. The first-order valence-electron chi connectivity index (χ1n) is 15.4. The molecule has 0 aliphatic heterocycles. The van der Waals surface area contributed by atoms with E-state index < -0.39 is 39.0 Å². The molecule has 4 rings (SSSR count). The summed E-state index contributed by atoms with van der Waals surface area (Å²) in [4.78, 5) is 47.0. The Balaban J connectivity index is 1.54. The Morgan fingerprint density at radius 2 is 1.64 bits per heavy atom. The Morgan fingerprint density at radius 3 is 2.25 bits per heavy atom. The van der Waals surface area contributed by atoms with Crippen molar-refractivity contribution in [3.63, 3.8) is 0 Å². The van der Waals surface area contributed by atoms with Crippen molar-refractivity contribution in [1.29, 1.82) is 0 Å². The molecule has 0 aromatic carbocycles. The van der Waals surface area contributed by atoms with E-state index in [1.165, 1.54) is 0 Å². The van der Waals surface area contributed by atoms with Gasteiger partial charge in [-0.2, -0.15) is 17.2 Å². The fourth-order valence-corrected chi connectivity index (χ4v) is 10.3. The van der Waals surface area contributed by atoms with Crippen molar-refractivity contribution in [2.45, 2.75) is 115 Å². The standard InChI is InChI=1S/C30H44F2O11S/c1-17(5-8-26(36)43-18(2)30(31,32)44(37,38)39)21-6-7-22-27-23(13-25(42-16-35)29(21,22)4)28(3)10-9-20(40-14-33)11-19(28)12-24(27)41-15-34/h14-25,27H,5-13H2,1-4H3,(H,37,38,39)/t17-,18?,19?,20?,21-,22+,23+,24?,25?,27+,28+,29-/m1/s1. The van der Waals surface area contributed by atoms with Gasteiger partial charge in [0.05, 0.1) is 0 Å². The highest BCUT2D eigenvalue weighted by molar-refractivity contribution is 7.86. The molecule has 1 N–H and O–H groups in total. The predicted octanol–water partition coefficient (Wildman–Crippen LogP) is 4.32. The first kappa shape index (κ1) is 34.5. The third kappa shape index (κ3) is 5.96. The Bertz CT molecular complexity index is 1200. The highest BCUT2D eigenvalue weighted by Crippen LogP contribution is 2.69. The summed E-state index contributed by atoms with van der Waals surface area (Å²) < 4.78 is 80.1. The van der Waals surface area contributed by atoms with Crippen LogP contribution in [0, 0.1) is 46.3 Å². The van der Waals surface area contributed by atoms with Crippen molar-refractivity contribution >= 4 is 35.5 Å². The maximum Gasteiger partial charge on any atom is 0.405 e. The molecule has 4 fully saturated rings. The van der Waals surface area contributed by atoms with Gasteiger partial charge in [0.25, 0.3) is 19.4 Å². The quantitative estimate of drug-likeness (QED) is 0.131. The van der Waals surface area contributed by atoms with Crippen LogP contribution in [0.5, 0.6) is 0 Å². The average molecular weight is 651 g/mol. The second kappa shape index (κ2) is 12.8. The van der Waals surface area contributed by atoms with Crippen LogP contribution in [0.15, 0.2) is 0 Å². The van der Waals surface area contributed by atoms with E-state index >= 15 is 0 Å². The van der Waals surface area contributed by atoms with Gasteiger partial charge in [-0.05, 0) is 93.3 Å². The minimum absolute atomic E-state index is 0.00664. The number of fused-ring (bicyclic) bond motifs is 5. The summed E-state index contributed by atoms with van der Waals surface area (Å²) in [7, 11) is -5.77. The molecule has 0 amide bonds. The highest BCUT2D eigenvalue weighted by atomic mass is 32.2. The predicted molar refractivity (Wildman–Crippen MR) is 149 cm³/mol. The summed E-state index contributed by atoms with van der Waals surface area (Å²) in [5, 5.41) is -4.64. The number of rotatable bonds is 13. The van der Waals surface area contributed by atoms with E-state index in [-0.39, 0.29) is 66.0 Å². The number of carbonyl (C=O) groups excluding carboxylic acids is 4. The number of esters is 1. The van der Waals surface area contributed by atoms with Gasteiger partial charge < -0.3 is 18.9 Å². The number of hydrogen-bond acceptors (Lipinski definition) is 10. The fraction of sp³-hybridized carbons (Fsp3) is 0.867. The zero-order chi connectivity index (χ0) is 32.7. The second-order valence-corrected chi connectivity index (χ2v) is 15.3. The SMILES string of the molecule is CC(OC(=O)CC[C@@H](C)[C@H]1CC[C@H]2[C@@H]3C(OC=O)CC4CC(OC=O)CC[C@]4(C)[C@H]3CC(OC=O)[C@]12C)C(F)(F)S(=O)(=O)O. The number of carbonyl (C=O) groups is 4. The van der Waals surface area contributed by atoms with Gasteiger partial charge in [0.15, 0.2) is 6.10 Å². The smallest absolute Gasteiger partial charge is 0.405 e. The maximum atomic E-state index is 13.9. The summed E-state index contributed by atoms with van der Waals surface area (Å²) in [5.41, 5.74) is -0.668. The Morgan fingerprint density at radius 1 is 0.977 bits per heavy atom. The third-order valence-electron chi connectivity index (χ3n) is 12.1. The van der Waals surface area contributed by atoms with Gasteiger partial charge >= 0.3 is 21.3 Å². The van der Waals surface area contributed by atoms with Crippen molar-refractivity contribution in [2.75, 3.05) is 0 Å². The van der Waals surface area contributed by atoms with Gasteiger partial charge in [-0.15, -0.1) is 0 Å². The molecule has 0 spiro atoms. The van der Waals surface area contributed by atoms with Crippen molar-refractivity contribution in [3.05, 3.63) is 0 Å². The van der Waals surface area contributed by atoms with E-state index in [1.807, 2.05) is 6.92 Å². The number of hydrogen-bond donors (Lipinski definition) is 1. The lowest BCUT2D eigenvalue weighted by Crippen LogP contribution is -2.63. The first-order chi connectivity index (χ1) is 20.6. The van der Waals surface area contributed by atoms with Crippen molar-refractivity contribution in [1.82, 2.24) is 0 Å². The normalized spacial score (nSPS) is 39.8. The van der Waals surface area contributed by atoms with Crippen LogP contribution in [0.4, 0.5) is 8.78 Å². The minimum atomic E-state index is -5.77. The summed E-state index contributed by atoms with van der Waals surface area (Å²) in [6, 6.07) is 0. The average Bonchev–Trinajstić information content (AvgIpc) is 3.30. The monoisotopic (exact) mass is 650 g/mol. The summed E-state index contributed by atoms with van der Waals surface area (Å²) in [6.07, 6.45) is 1.57. The van der Waals surface area contributed by atoms with Gasteiger partial charge in [-0.1, -0.05) is 20.8 Å². The molecule has 0 radical (unpaired) electrons. The molecular weight excluding hydrogens is 606 g/mol. The van der Waals surface area contributed by atoms with E-state index in [0.717, 1.165) is 25.7 Å². The number of ether oxygens (including phenoxy) is 4. The summed E-state index contributed by atoms with van der Waals surface area (Å²) in [6.45, 7) is 8.42. The zero-order valence-electron chi connectivity index (χ0n) is 25.6. The molecule has 0 aromatic heterocycles. The second-order valence-electron chi connectivity index (χ2n) is 13.8. The van der Waals surface area contributed by atoms with E-state index in [1.54, 1.807) is 0 Å². The van der Waals surface area contributed by atoms with Crippen LogP contribution in [0.1, 0.15) is 85.5 Å². The molecule has 14 heteroatoms. The van der Waals surface area contributed by atoms with Crippen LogP contribution in [0.3, 0.4) is 0 Å². The lowest BCUT2D eigenvalue weighted by molar-refractivity contribution is -0.218. The largest absolute Gasteiger partial charge is 0.465 e. The first-order valence-corrected chi connectivity index (χ1v) is 16.8. The van der Waals surface area contributed by atoms with Crippen LogP contribution >= 0.6 is 0 Å². The Labute approximate surface area is 256 Å². The van der Waals surface area contributed by atoms with Crippen LogP contribution in [0.25, 0.3) is 0 Å². The Hall–Kier alpha value is -2.35. The van der Waals surface area contributed by atoms with Crippen LogP contribution < -0.4 is 0 Å². The molecule has 0 saturated heterocycles. The molecule has 0 aromatic rings. The molecule has 4 saturated carbocycles. The van der Waals surface area contributed by atoms with E-state index in [9.17, 15) is 36.4 Å². The zero-order valence-corrected chi connectivity index (χ0v) is 26.4. The summed E-state index contributed by atoms with van der Waals surface area (Å²) >= 11 is 0. The van der Waals surface area contributed by atoms with Crippen LogP contribution in [-0.2, 0) is 48.2 Å². The van der Waals surface area contributed by atoms with Crippen molar-refractivity contribution in [3.8, 4) is 0 Å². The molecule has 250 valence electrons. The Kier molecular flexibility index (Phi) is 10.0.